The molecule has 0 aliphatic rings. The predicted octanol–water partition coefficient (Wildman–Crippen LogP) is 1.30. The van der Waals surface area contributed by atoms with Gasteiger partial charge in [-0.15, -0.1) is 0 Å². The van der Waals surface area contributed by atoms with Crippen LogP contribution >= 0.6 is 0 Å². The number of aromatic nitrogens is 4. The van der Waals surface area contributed by atoms with E-state index in [-0.39, 0.29) is 6.04 Å². The lowest BCUT2D eigenvalue weighted by atomic mass is 10.2. The first kappa shape index (κ1) is 12.2. The van der Waals surface area contributed by atoms with Crippen molar-refractivity contribution in [3.63, 3.8) is 0 Å². The van der Waals surface area contributed by atoms with Crippen molar-refractivity contribution in [2.45, 2.75) is 26.4 Å². The van der Waals surface area contributed by atoms with Crippen molar-refractivity contribution in [3.8, 4) is 6.07 Å². The highest BCUT2D eigenvalue weighted by Crippen LogP contribution is 2.18. The van der Waals surface area contributed by atoms with Crippen molar-refractivity contribution in [3.05, 3.63) is 30.0 Å². The van der Waals surface area contributed by atoms with Crippen molar-refractivity contribution in [1.82, 2.24) is 19.3 Å². The van der Waals surface area contributed by atoms with Gasteiger partial charge in [0.05, 0.1) is 12.0 Å². The first-order valence-corrected chi connectivity index (χ1v) is 5.77. The molecule has 2 aromatic rings. The summed E-state index contributed by atoms with van der Waals surface area (Å²) < 4.78 is 3.70. The molecule has 0 fully saturated rings. The molecule has 2 rings (SSSR count). The molecule has 0 amide bonds. The second-order valence-corrected chi connectivity index (χ2v) is 4.35. The quantitative estimate of drug-likeness (QED) is 0.879. The Morgan fingerprint density at radius 1 is 1.56 bits per heavy atom. The maximum Gasteiger partial charge on any atom is 0.142 e. The van der Waals surface area contributed by atoms with E-state index in [1.165, 1.54) is 0 Å². The van der Waals surface area contributed by atoms with Crippen LogP contribution in [0.3, 0.4) is 0 Å². The van der Waals surface area contributed by atoms with E-state index in [1.54, 1.807) is 17.2 Å². The minimum Gasteiger partial charge on any atom is -0.365 e. The molecule has 0 bridgehead atoms. The first-order chi connectivity index (χ1) is 8.61. The fraction of sp³-hybridized carbons (Fsp3) is 0.417. The van der Waals surface area contributed by atoms with Crippen LogP contribution in [0.2, 0.25) is 0 Å². The summed E-state index contributed by atoms with van der Waals surface area (Å²) in [6.45, 7) is 4.68. The van der Waals surface area contributed by atoms with Gasteiger partial charge in [-0.05, 0) is 13.8 Å². The third-order valence-electron chi connectivity index (χ3n) is 2.76. The zero-order valence-corrected chi connectivity index (χ0v) is 10.8. The van der Waals surface area contributed by atoms with Crippen LogP contribution in [0.1, 0.15) is 18.2 Å². The molecular formula is C12H16N6. The fourth-order valence-corrected chi connectivity index (χ4v) is 1.95. The largest absolute Gasteiger partial charge is 0.365 e. The lowest BCUT2D eigenvalue weighted by Gasteiger charge is -2.15. The summed E-state index contributed by atoms with van der Waals surface area (Å²) in [5.74, 6) is 0.766. The second kappa shape index (κ2) is 4.92. The van der Waals surface area contributed by atoms with E-state index in [0.29, 0.717) is 5.56 Å². The van der Waals surface area contributed by atoms with Crippen molar-refractivity contribution in [1.29, 1.82) is 5.26 Å². The highest BCUT2D eigenvalue weighted by molar-refractivity contribution is 5.55. The molecule has 2 heterocycles. The second-order valence-electron chi connectivity index (χ2n) is 4.35. The fourth-order valence-electron chi connectivity index (χ4n) is 1.95. The summed E-state index contributed by atoms with van der Waals surface area (Å²) in [4.78, 5) is 4.00. The Bertz CT molecular complexity index is 560. The van der Waals surface area contributed by atoms with Crippen molar-refractivity contribution >= 4 is 5.82 Å². The van der Waals surface area contributed by atoms with E-state index >= 15 is 0 Å². The Hall–Kier alpha value is -2.29. The molecule has 0 radical (unpaired) electrons. The summed E-state index contributed by atoms with van der Waals surface area (Å²) in [7, 11) is 1.83. The molecule has 0 aromatic carbocycles. The molecule has 0 spiro atoms. The van der Waals surface area contributed by atoms with Crippen molar-refractivity contribution in [2.24, 2.45) is 7.05 Å². The van der Waals surface area contributed by atoms with Gasteiger partial charge in [0.1, 0.15) is 17.5 Å². The third-order valence-corrected chi connectivity index (χ3v) is 2.76. The van der Waals surface area contributed by atoms with Gasteiger partial charge in [0.15, 0.2) is 0 Å². The molecule has 0 aliphatic carbocycles. The van der Waals surface area contributed by atoms with Crippen LogP contribution in [0.15, 0.2) is 18.7 Å². The number of hydrogen-bond acceptors (Lipinski definition) is 4. The van der Waals surface area contributed by atoms with Gasteiger partial charge in [-0.2, -0.15) is 10.4 Å². The van der Waals surface area contributed by atoms with Gasteiger partial charge in [-0.25, -0.2) is 4.98 Å². The maximum absolute atomic E-state index is 9.12. The third kappa shape index (κ3) is 2.35. The van der Waals surface area contributed by atoms with Gasteiger partial charge in [0, 0.05) is 32.0 Å². The van der Waals surface area contributed by atoms with Crippen LogP contribution in [-0.2, 0) is 13.6 Å². The summed E-state index contributed by atoms with van der Waals surface area (Å²) >= 11 is 0. The number of imidazole rings is 1. The molecule has 94 valence electrons. The van der Waals surface area contributed by atoms with E-state index in [2.05, 4.69) is 28.4 Å². The van der Waals surface area contributed by atoms with Crippen LogP contribution in [0.25, 0.3) is 0 Å². The molecule has 6 heteroatoms. The van der Waals surface area contributed by atoms with Crippen LogP contribution in [0.5, 0.6) is 0 Å². The standard InChI is InChI=1S/C12H16N6/c1-9(7-18-5-4-14-8-18)15-12-11(6-13)10(2)16-17(12)3/h4-5,8-9,15H,7H2,1-3H3. The van der Waals surface area contributed by atoms with Crippen LogP contribution in [0.4, 0.5) is 5.82 Å². The van der Waals surface area contributed by atoms with Gasteiger partial charge in [0.2, 0.25) is 0 Å². The molecule has 18 heavy (non-hydrogen) atoms. The Morgan fingerprint density at radius 3 is 2.94 bits per heavy atom. The smallest absolute Gasteiger partial charge is 0.142 e. The minimum atomic E-state index is 0.182. The van der Waals surface area contributed by atoms with Gasteiger partial charge >= 0.3 is 0 Å². The monoisotopic (exact) mass is 244 g/mol. The lowest BCUT2D eigenvalue weighted by molar-refractivity contribution is 0.610. The summed E-state index contributed by atoms with van der Waals surface area (Å²) in [5.41, 5.74) is 1.35. The summed E-state index contributed by atoms with van der Waals surface area (Å²) in [5, 5.41) is 16.7. The van der Waals surface area contributed by atoms with Crippen molar-refractivity contribution in [2.75, 3.05) is 5.32 Å². The first-order valence-electron chi connectivity index (χ1n) is 5.77. The van der Waals surface area contributed by atoms with E-state index in [1.807, 2.05) is 24.7 Å². The van der Waals surface area contributed by atoms with E-state index in [0.717, 1.165) is 18.1 Å². The zero-order chi connectivity index (χ0) is 13.1. The Balaban J connectivity index is 2.12. The number of nitriles is 1. The molecule has 0 saturated carbocycles. The van der Waals surface area contributed by atoms with E-state index in [9.17, 15) is 0 Å². The van der Waals surface area contributed by atoms with Crippen LogP contribution in [0, 0.1) is 18.3 Å². The molecule has 0 aliphatic heterocycles. The summed E-state index contributed by atoms with van der Waals surface area (Å²) in [6.07, 6.45) is 5.44. The molecule has 2 aromatic heterocycles. The highest BCUT2D eigenvalue weighted by Gasteiger charge is 2.14. The number of nitrogens with zero attached hydrogens (tertiary/aromatic N) is 5. The lowest BCUT2D eigenvalue weighted by Crippen LogP contribution is -2.23. The number of anilines is 1. The molecule has 1 atom stereocenters. The topological polar surface area (TPSA) is 71.5 Å². The van der Waals surface area contributed by atoms with Gasteiger partial charge in [-0.1, -0.05) is 0 Å². The number of nitrogens with one attached hydrogen (secondary N) is 1. The Kier molecular flexibility index (Phi) is 3.33. The summed E-state index contributed by atoms with van der Waals surface area (Å²) in [6, 6.07) is 2.37. The predicted molar refractivity (Wildman–Crippen MR) is 68.0 cm³/mol. The number of rotatable bonds is 4. The van der Waals surface area contributed by atoms with Crippen molar-refractivity contribution < 1.29 is 0 Å². The van der Waals surface area contributed by atoms with Gasteiger partial charge in [0.25, 0.3) is 0 Å². The molecule has 0 saturated heterocycles. The molecule has 1 unspecified atom stereocenters. The average Bonchev–Trinajstić information content (AvgIpc) is 2.89. The van der Waals surface area contributed by atoms with Gasteiger partial charge < -0.3 is 9.88 Å². The average molecular weight is 244 g/mol. The SMILES string of the molecule is Cc1nn(C)c(NC(C)Cn2ccnc2)c1C#N. The molecule has 1 N–H and O–H groups in total. The van der Waals surface area contributed by atoms with Gasteiger partial charge in [-0.3, -0.25) is 4.68 Å². The van der Waals surface area contributed by atoms with E-state index < -0.39 is 0 Å². The molecular weight excluding hydrogens is 228 g/mol. The van der Waals surface area contributed by atoms with E-state index in [4.69, 9.17) is 5.26 Å². The van der Waals surface area contributed by atoms with Crippen LogP contribution < -0.4 is 5.32 Å². The normalized spacial score (nSPS) is 12.1. The Labute approximate surface area is 106 Å². The molecule has 6 nitrogen and oxygen atoms in total. The zero-order valence-electron chi connectivity index (χ0n) is 10.8. The number of hydrogen-bond donors (Lipinski definition) is 1. The maximum atomic E-state index is 9.12. The Morgan fingerprint density at radius 2 is 2.33 bits per heavy atom. The minimum absolute atomic E-state index is 0.182. The highest BCUT2D eigenvalue weighted by atomic mass is 15.3. The van der Waals surface area contributed by atoms with Crippen LogP contribution in [-0.4, -0.2) is 25.4 Å². The number of aryl methyl sites for hydroxylation is 2.